The molecular weight excluding hydrogens is 534 g/mol. The van der Waals surface area contributed by atoms with Crippen molar-refractivity contribution in [3.05, 3.63) is 147 Å². The van der Waals surface area contributed by atoms with Gasteiger partial charge in [0.25, 0.3) is 0 Å². The Bertz CT molecular complexity index is 1770. The van der Waals surface area contributed by atoms with E-state index in [1.54, 1.807) is 72.8 Å². The maximum absolute atomic E-state index is 13.6. The highest BCUT2D eigenvalue weighted by Crippen LogP contribution is 2.39. The molecule has 5 aromatic rings. The number of ketones is 1. The fraction of sp³-hybridized carbons (Fsp3) is 0.0968. The summed E-state index contributed by atoms with van der Waals surface area (Å²) in [5.41, 5.74) is 1.40. The molecule has 4 aromatic carbocycles. The van der Waals surface area contributed by atoms with Crippen molar-refractivity contribution >= 4 is 38.4 Å². The van der Waals surface area contributed by atoms with Crippen molar-refractivity contribution in [1.29, 1.82) is 0 Å². The third-order valence-corrected chi connectivity index (χ3v) is 8.26. The molecule has 0 aliphatic rings. The molecule has 0 unspecified atom stereocenters. The zero-order valence-corrected chi connectivity index (χ0v) is 22.2. The Morgan fingerprint density at radius 3 is 2.13 bits per heavy atom. The number of para-hydroxylation sites is 1. The van der Waals surface area contributed by atoms with Crippen LogP contribution >= 0.6 is 11.6 Å². The molecule has 8 heteroatoms. The summed E-state index contributed by atoms with van der Waals surface area (Å²) < 4.78 is 35.5. The third-order valence-electron chi connectivity index (χ3n) is 6.55. The van der Waals surface area contributed by atoms with Crippen molar-refractivity contribution in [3.63, 3.8) is 0 Å². The van der Waals surface area contributed by atoms with Crippen molar-refractivity contribution in [2.45, 2.75) is 23.3 Å². The Labute approximate surface area is 230 Å². The van der Waals surface area contributed by atoms with E-state index in [0.717, 1.165) is 0 Å². The van der Waals surface area contributed by atoms with E-state index >= 15 is 0 Å². The highest BCUT2D eigenvalue weighted by atomic mass is 35.5. The number of benzene rings is 4. The lowest BCUT2D eigenvalue weighted by Crippen LogP contribution is -2.34. The van der Waals surface area contributed by atoms with Crippen LogP contribution in [0.5, 0.6) is 0 Å². The number of rotatable bonds is 9. The van der Waals surface area contributed by atoms with Gasteiger partial charge >= 0.3 is 5.63 Å². The molecule has 39 heavy (non-hydrogen) atoms. The van der Waals surface area contributed by atoms with Crippen LogP contribution in [0.1, 0.15) is 39.9 Å². The second kappa shape index (κ2) is 11.4. The molecule has 0 fully saturated rings. The fourth-order valence-electron chi connectivity index (χ4n) is 4.68. The average Bonchev–Trinajstić information content (AvgIpc) is 2.95. The lowest BCUT2D eigenvalue weighted by Gasteiger charge is -2.29. The Morgan fingerprint density at radius 1 is 0.821 bits per heavy atom. The van der Waals surface area contributed by atoms with E-state index in [2.05, 4.69) is 4.72 Å². The van der Waals surface area contributed by atoms with Crippen LogP contribution < -0.4 is 10.3 Å². The van der Waals surface area contributed by atoms with Crippen LogP contribution in [-0.4, -0.2) is 14.2 Å². The number of carbonyl (C=O) groups excluding carboxylic acids is 1. The minimum Gasteiger partial charge on any atom is -0.423 e. The van der Waals surface area contributed by atoms with Gasteiger partial charge in [0.2, 0.25) is 10.0 Å². The van der Waals surface area contributed by atoms with E-state index in [-0.39, 0.29) is 17.1 Å². The first-order chi connectivity index (χ1) is 18.8. The molecule has 0 saturated carbocycles. The summed E-state index contributed by atoms with van der Waals surface area (Å²) in [5, 5.41) is 1.02. The lowest BCUT2D eigenvalue weighted by molar-refractivity contribution is 0.0968. The molecule has 0 aliphatic carbocycles. The van der Waals surface area contributed by atoms with Crippen molar-refractivity contribution in [2.24, 2.45) is 0 Å². The van der Waals surface area contributed by atoms with Crippen LogP contribution in [0.15, 0.2) is 129 Å². The number of sulfonamides is 1. The van der Waals surface area contributed by atoms with Crippen LogP contribution in [0.25, 0.3) is 11.0 Å². The highest BCUT2D eigenvalue weighted by molar-refractivity contribution is 7.89. The highest BCUT2D eigenvalue weighted by Gasteiger charge is 2.33. The van der Waals surface area contributed by atoms with Crippen molar-refractivity contribution in [3.8, 4) is 0 Å². The fourth-order valence-corrected chi connectivity index (χ4v) is 6.08. The van der Waals surface area contributed by atoms with E-state index < -0.39 is 27.6 Å². The molecule has 0 radical (unpaired) electrons. The van der Waals surface area contributed by atoms with E-state index in [1.807, 2.05) is 12.1 Å². The van der Waals surface area contributed by atoms with E-state index in [0.29, 0.717) is 32.7 Å². The number of hydrogen-bond donors (Lipinski definition) is 1. The maximum atomic E-state index is 13.6. The average molecular weight is 558 g/mol. The largest absolute Gasteiger partial charge is 0.423 e. The van der Waals surface area contributed by atoms with Gasteiger partial charge in [-0.1, -0.05) is 90.5 Å². The van der Waals surface area contributed by atoms with Gasteiger partial charge in [-0.15, -0.1) is 0 Å². The van der Waals surface area contributed by atoms with Gasteiger partial charge in [-0.05, 0) is 41.5 Å². The van der Waals surface area contributed by atoms with Gasteiger partial charge in [0.15, 0.2) is 5.78 Å². The predicted octanol–water partition coefficient (Wildman–Crippen LogP) is 6.52. The summed E-state index contributed by atoms with van der Waals surface area (Å²) in [6, 6.07) is 31.1. The minimum absolute atomic E-state index is 0.0263. The Balaban J connectivity index is 1.69. The Hall–Kier alpha value is -4.04. The summed E-state index contributed by atoms with van der Waals surface area (Å²) in [4.78, 5) is 26.3. The van der Waals surface area contributed by atoms with Gasteiger partial charge in [0.05, 0.1) is 10.9 Å². The molecule has 0 aliphatic heterocycles. The van der Waals surface area contributed by atoms with Gasteiger partial charge in [0, 0.05) is 34.4 Å². The topological polar surface area (TPSA) is 93.4 Å². The summed E-state index contributed by atoms with van der Waals surface area (Å²) >= 11 is 5.99. The van der Waals surface area contributed by atoms with E-state index in [1.165, 1.54) is 30.3 Å². The molecule has 1 N–H and O–H groups in total. The molecule has 5 rings (SSSR count). The van der Waals surface area contributed by atoms with Gasteiger partial charge in [-0.25, -0.2) is 17.9 Å². The van der Waals surface area contributed by atoms with E-state index in [9.17, 15) is 18.0 Å². The van der Waals surface area contributed by atoms with Gasteiger partial charge in [-0.3, -0.25) is 4.79 Å². The first-order valence-corrected chi connectivity index (χ1v) is 14.1. The van der Waals surface area contributed by atoms with Crippen LogP contribution in [-0.2, 0) is 10.0 Å². The number of Topliss-reactive ketones (excluding diaryl/α,β-unsaturated/α-hetero) is 1. The summed E-state index contributed by atoms with van der Waals surface area (Å²) in [6.45, 7) is 0. The lowest BCUT2D eigenvalue weighted by atomic mass is 9.82. The van der Waals surface area contributed by atoms with Crippen molar-refractivity contribution < 1.29 is 17.6 Å². The van der Waals surface area contributed by atoms with Crippen LogP contribution in [0.3, 0.4) is 0 Å². The first kappa shape index (κ1) is 26.6. The molecule has 0 bridgehead atoms. The number of hydrogen-bond acceptors (Lipinski definition) is 5. The Morgan fingerprint density at radius 2 is 1.44 bits per heavy atom. The Kier molecular flexibility index (Phi) is 7.74. The number of fused-ring (bicyclic) bond motifs is 1. The van der Waals surface area contributed by atoms with Crippen LogP contribution in [0.4, 0.5) is 0 Å². The summed E-state index contributed by atoms with van der Waals surface area (Å²) in [7, 11) is -4.06. The SMILES string of the molecule is O=C(C[C@H](c1cc(=O)oc2ccccc12)[C@@H](NS(=O)(=O)c1ccc(Cl)cc1)c1ccccc1)c1ccccc1. The molecule has 2 atom stereocenters. The van der Waals surface area contributed by atoms with Crippen LogP contribution in [0.2, 0.25) is 5.02 Å². The quantitative estimate of drug-likeness (QED) is 0.164. The molecule has 0 saturated heterocycles. The zero-order valence-electron chi connectivity index (χ0n) is 20.7. The molecule has 1 aromatic heterocycles. The summed E-state index contributed by atoms with van der Waals surface area (Å²) in [5.74, 6) is -0.944. The van der Waals surface area contributed by atoms with Gasteiger partial charge in [0.1, 0.15) is 5.58 Å². The molecule has 196 valence electrons. The standard InChI is InChI=1S/C31H24ClNO5S/c32-23-15-17-24(18-16-23)39(36,37)33-31(22-11-5-2-6-12-22)27(19-28(34)21-9-3-1-4-10-21)26-20-30(35)38-29-14-8-7-13-25(26)29/h1-18,20,27,31,33H,19H2/t27-,31+/m1/s1. The molecule has 0 spiro atoms. The number of carbonyl (C=O) groups is 1. The second-order valence-electron chi connectivity index (χ2n) is 9.08. The van der Waals surface area contributed by atoms with E-state index in [4.69, 9.17) is 16.0 Å². The zero-order chi connectivity index (χ0) is 27.4. The van der Waals surface area contributed by atoms with Gasteiger partial charge in [-0.2, -0.15) is 0 Å². The second-order valence-corrected chi connectivity index (χ2v) is 11.2. The normalized spacial score (nSPS) is 13.2. The predicted molar refractivity (Wildman–Crippen MR) is 152 cm³/mol. The summed E-state index contributed by atoms with van der Waals surface area (Å²) in [6.07, 6.45) is -0.0693. The molecule has 1 heterocycles. The monoisotopic (exact) mass is 557 g/mol. The van der Waals surface area contributed by atoms with Gasteiger partial charge < -0.3 is 4.42 Å². The van der Waals surface area contributed by atoms with Crippen LogP contribution in [0, 0.1) is 0 Å². The molecule has 6 nitrogen and oxygen atoms in total. The number of halogens is 1. The smallest absolute Gasteiger partial charge is 0.336 e. The van der Waals surface area contributed by atoms with Crippen molar-refractivity contribution in [2.75, 3.05) is 0 Å². The van der Waals surface area contributed by atoms with Crippen molar-refractivity contribution in [1.82, 2.24) is 4.72 Å². The molecular formula is C31H24ClNO5S. The first-order valence-electron chi connectivity index (χ1n) is 12.3. The maximum Gasteiger partial charge on any atom is 0.336 e. The third kappa shape index (κ3) is 6.01. The number of nitrogens with one attached hydrogen (secondary N) is 1. The minimum atomic E-state index is -4.06. The molecule has 0 amide bonds.